The molecule has 1 unspecified atom stereocenters. The van der Waals surface area contributed by atoms with Gasteiger partial charge in [-0.3, -0.25) is 0 Å². The van der Waals surface area contributed by atoms with Crippen molar-refractivity contribution in [1.82, 2.24) is 0 Å². The first-order valence-corrected chi connectivity index (χ1v) is 7.41. The van der Waals surface area contributed by atoms with Crippen molar-refractivity contribution in [3.8, 4) is 0 Å². The van der Waals surface area contributed by atoms with E-state index in [4.69, 9.17) is 11.6 Å². The van der Waals surface area contributed by atoms with Crippen LogP contribution in [0.4, 0.5) is 4.39 Å². The van der Waals surface area contributed by atoms with Crippen LogP contribution >= 0.6 is 27.5 Å². The molecule has 0 spiro atoms. The lowest BCUT2D eigenvalue weighted by Gasteiger charge is -2.13. The summed E-state index contributed by atoms with van der Waals surface area (Å²) >= 11 is 9.61. The lowest BCUT2D eigenvalue weighted by atomic mass is 9.98. The molecule has 2 aromatic carbocycles. The van der Waals surface area contributed by atoms with Crippen molar-refractivity contribution in [3.05, 3.63) is 69.4 Å². The second-order valence-electron chi connectivity index (χ2n) is 4.85. The molecule has 100 valence electrons. The predicted octanol–water partition coefficient (Wildman–Crippen LogP) is 6.04. The van der Waals surface area contributed by atoms with Gasteiger partial charge >= 0.3 is 0 Å². The highest BCUT2D eigenvalue weighted by atomic mass is 79.9. The molecule has 0 aromatic heterocycles. The maximum atomic E-state index is 13.9. The van der Waals surface area contributed by atoms with Crippen molar-refractivity contribution >= 4 is 27.5 Å². The summed E-state index contributed by atoms with van der Waals surface area (Å²) < 4.78 is 14.6. The molecule has 0 saturated heterocycles. The highest BCUT2D eigenvalue weighted by Gasteiger charge is 2.15. The van der Waals surface area contributed by atoms with Crippen LogP contribution in [0.3, 0.4) is 0 Å². The first-order chi connectivity index (χ1) is 8.99. The topological polar surface area (TPSA) is 0 Å². The molecular weight excluding hydrogens is 327 g/mol. The molecule has 2 aromatic rings. The van der Waals surface area contributed by atoms with Gasteiger partial charge < -0.3 is 0 Å². The Labute approximate surface area is 126 Å². The van der Waals surface area contributed by atoms with Crippen LogP contribution in [0.1, 0.15) is 41.8 Å². The molecule has 2 rings (SSSR count). The van der Waals surface area contributed by atoms with E-state index in [1.807, 2.05) is 24.3 Å². The zero-order valence-corrected chi connectivity index (χ0v) is 13.2. The largest absolute Gasteiger partial charge is 0.207 e. The fraction of sp³-hybridized carbons (Fsp3) is 0.250. The number of alkyl halides is 1. The van der Waals surface area contributed by atoms with Crippen LogP contribution in [-0.4, -0.2) is 0 Å². The van der Waals surface area contributed by atoms with Gasteiger partial charge in [-0.05, 0) is 29.2 Å². The number of hydrogen-bond acceptors (Lipinski definition) is 0. The van der Waals surface area contributed by atoms with Gasteiger partial charge in [0.25, 0.3) is 0 Å². The van der Waals surface area contributed by atoms with Gasteiger partial charge in [-0.25, -0.2) is 4.39 Å². The molecular formula is C16H15BrClF. The van der Waals surface area contributed by atoms with Crippen LogP contribution in [0.15, 0.2) is 46.9 Å². The van der Waals surface area contributed by atoms with Gasteiger partial charge in [0.05, 0.1) is 5.38 Å². The third-order valence-electron chi connectivity index (χ3n) is 3.13. The summed E-state index contributed by atoms with van der Waals surface area (Å²) in [5, 5.41) is -0.464. The quantitative estimate of drug-likeness (QED) is 0.597. The summed E-state index contributed by atoms with van der Waals surface area (Å²) in [6.07, 6.45) is 0. The zero-order valence-electron chi connectivity index (χ0n) is 10.8. The summed E-state index contributed by atoms with van der Waals surface area (Å²) in [4.78, 5) is 0. The molecule has 1 atom stereocenters. The highest BCUT2D eigenvalue weighted by molar-refractivity contribution is 9.10. The molecule has 0 saturated carbocycles. The van der Waals surface area contributed by atoms with E-state index < -0.39 is 5.38 Å². The van der Waals surface area contributed by atoms with Crippen LogP contribution in [0.25, 0.3) is 0 Å². The van der Waals surface area contributed by atoms with Crippen LogP contribution in [0, 0.1) is 5.82 Å². The smallest absolute Gasteiger partial charge is 0.129 e. The van der Waals surface area contributed by atoms with E-state index in [9.17, 15) is 4.39 Å². The molecule has 0 bridgehead atoms. The minimum absolute atomic E-state index is 0.290. The number of halogens is 3. The van der Waals surface area contributed by atoms with Gasteiger partial charge in [-0.15, -0.1) is 11.6 Å². The van der Waals surface area contributed by atoms with Crippen molar-refractivity contribution in [1.29, 1.82) is 0 Å². The number of rotatable bonds is 3. The van der Waals surface area contributed by atoms with E-state index in [0.29, 0.717) is 16.0 Å². The van der Waals surface area contributed by atoms with Crippen molar-refractivity contribution in [3.63, 3.8) is 0 Å². The summed E-state index contributed by atoms with van der Waals surface area (Å²) in [5.41, 5.74) is 2.67. The van der Waals surface area contributed by atoms with Crippen molar-refractivity contribution < 1.29 is 4.39 Å². The molecule has 3 heteroatoms. The maximum Gasteiger partial charge on any atom is 0.129 e. The Bertz CT molecular complexity index is 563. The molecule has 19 heavy (non-hydrogen) atoms. The van der Waals surface area contributed by atoms with Crippen LogP contribution in [0.2, 0.25) is 0 Å². The molecule has 0 heterocycles. The van der Waals surface area contributed by atoms with Crippen LogP contribution in [-0.2, 0) is 0 Å². The second kappa shape index (κ2) is 6.06. The average Bonchev–Trinajstić information content (AvgIpc) is 2.38. The Hall–Kier alpha value is -0.860. The predicted molar refractivity (Wildman–Crippen MR) is 82.3 cm³/mol. The third kappa shape index (κ3) is 3.37. The molecule has 0 nitrogen and oxygen atoms in total. The SMILES string of the molecule is CC(C)c1ccc(C(Cl)c2ccc(Br)cc2F)cc1. The van der Waals surface area contributed by atoms with E-state index in [1.165, 1.54) is 11.6 Å². The van der Waals surface area contributed by atoms with Gasteiger partial charge in [0.1, 0.15) is 5.82 Å². The Kier molecular flexibility index (Phi) is 4.64. The van der Waals surface area contributed by atoms with Gasteiger partial charge in [0.15, 0.2) is 0 Å². The monoisotopic (exact) mass is 340 g/mol. The van der Waals surface area contributed by atoms with Crippen LogP contribution < -0.4 is 0 Å². The maximum absolute atomic E-state index is 13.9. The first-order valence-electron chi connectivity index (χ1n) is 6.18. The van der Waals surface area contributed by atoms with Gasteiger partial charge in [-0.2, -0.15) is 0 Å². The highest BCUT2D eigenvalue weighted by Crippen LogP contribution is 2.32. The molecule has 0 N–H and O–H groups in total. The van der Waals surface area contributed by atoms with Gasteiger partial charge in [0, 0.05) is 10.0 Å². The summed E-state index contributed by atoms with van der Waals surface area (Å²) in [7, 11) is 0. The molecule has 0 radical (unpaired) electrons. The fourth-order valence-corrected chi connectivity index (χ4v) is 2.59. The average molecular weight is 342 g/mol. The number of hydrogen-bond donors (Lipinski definition) is 0. The van der Waals surface area contributed by atoms with E-state index in [2.05, 4.69) is 29.8 Å². The normalized spacial score (nSPS) is 12.7. The van der Waals surface area contributed by atoms with E-state index >= 15 is 0 Å². The third-order valence-corrected chi connectivity index (χ3v) is 4.11. The Morgan fingerprint density at radius 2 is 1.58 bits per heavy atom. The van der Waals surface area contributed by atoms with E-state index in [1.54, 1.807) is 12.1 Å². The fourth-order valence-electron chi connectivity index (χ4n) is 1.94. The Balaban J connectivity index is 2.30. The minimum Gasteiger partial charge on any atom is -0.207 e. The minimum atomic E-state index is -0.464. The Morgan fingerprint density at radius 1 is 1.00 bits per heavy atom. The summed E-state index contributed by atoms with van der Waals surface area (Å²) in [6, 6.07) is 13.0. The lowest BCUT2D eigenvalue weighted by molar-refractivity contribution is 0.611. The van der Waals surface area contributed by atoms with Crippen molar-refractivity contribution in [2.75, 3.05) is 0 Å². The lowest BCUT2D eigenvalue weighted by Crippen LogP contribution is -1.98. The second-order valence-corrected chi connectivity index (χ2v) is 6.20. The van der Waals surface area contributed by atoms with Crippen molar-refractivity contribution in [2.45, 2.75) is 25.1 Å². The molecule has 0 aliphatic rings. The molecule has 0 fully saturated rings. The standard InChI is InChI=1S/C16H15BrClF/c1-10(2)11-3-5-12(6-4-11)16(18)14-8-7-13(17)9-15(14)19/h3-10,16H,1-2H3. The first kappa shape index (κ1) is 14.5. The molecule has 0 amide bonds. The zero-order chi connectivity index (χ0) is 14.0. The van der Waals surface area contributed by atoms with E-state index in [0.717, 1.165) is 5.56 Å². The summed E-state index contributed by atoms with van der Waals surface area (Å²) in [6.45, 7) is 4.28. The number of benzene rings is 2. The van der Waals surface area contributed by atoms with Crippen molar-refractivity contribution in [2.24, 2.45) is 0 Å². The Morgan fingerprint density at radius 3 is 2.11 bits per heavy atom. The molecule has 0 aliphatic carbocycles. The van der Waals surface area contributed by atoms with E-state index in [-0.39, 0.29) is 5.82 Å². The summed E-state index contributed by atoms with van der Waals surface area (Å²) in [5.74, 6) is 0.189. The van der Waals surface area contributed by atoms with Gasteiger partial charge in [0.2, 0.25) is 0 Å². The van der Waals surface area contributed by atoms with Gasteiger partial charge in [-0.1, -0.05) is 60.1 Å². The van der Waals surface area contributed by atoms with Crippen LogP contribution in [0.5, 0.6) is 0 Å². The molecule has 0 aliphatic heterocycles.